The molecule has 0 aliphatic carbocycles. The van der Waals surface area contributed by atoms with Crippen LogP contribution in [-0.4, -0.2) is 5.11 Å². The van der Waals surface area contributed by atoms with Crippen molar-refractivity contribution >= 4 is 17.3 Å². The van der Waals surface area contributed by atoms with Crippen LogP contribution < -0.4 is 9.79 Å². The monoisotopic (exact) mass is 178 g/mol. The first kappa shape index (κ1) is 5.31. The maximum atomic E-state index is 4.88. The summed E-state index contributed by atoms with van der Waals surface area (Å²) < 4.78 is 2.43. The Labute approximate surface area is 46.0 Å². The first-order valence-corrected chi connectivity index (χ1v) is 2.14. The molecule has 0 heterocycles. The van der Waals surface area contributed by atoms with Crippen LogP contribution in [0.3, 0.4) is 0 Å². The van der Waals surface area contributed by atoms with E-state index in [-0.39, 0.29) is 5.11 Å². The molecule has 0 aromatic rings. The summed E-state index contributed by atoms with van der Waals surface area (Å²) in [6.07, 6.45) is 0. The second kappa shape index (κ2) is 2.55. The minimum atomic E-state index is 0.289. The standard InChI is InChI=1S/CH4N2S.Rh/c2-1(3)4;/h(H4,2,3,4);/q;+1/p-1. The molecular formula is CH3N2RhS. The summed E-state index contributed by atoms with van der Waals surface area (Å²) >= 11 is 6.67. The normalized spacial score (nSPS) is 6.80. The van der Waals surface area contributed by atoms with Crippen LogP contribution in [-0.2, 0) is 18.5 Å². The Balaban J connectivity index is 2.85. The van der Waals surface area contributed by atoms with Gasteiger partial charge < -0.3 is 0 Å². The molecule has 2 nitrogen and oxygen atoms in total. The fourth-order valence-corrected chi connectivity index (χ4v) is 0. The molecule has 0 spiro atoms. The van der Waals surface area contributed by atoms with E-state index >= 15 is 0 Å². The topological polar surface area (TPSA) is 38.0 Å². The third-order valence-electron chi connectivity index (χ3n) is 0.0821. The van der Waals surface area contributed by atoms with E-state index in [1.54, 1.807) is 0 Å². The van der Waals surface area contributed by atoms with Crippen molar-refractivity contribution in [2.45, 2.75) is 0 Å². The molecule has 0 aromatic carbocycles. The van der Waals surface area contributed by atoms with Gasteiger partial charge in [0.15, 0.2) is 0 Å². The van der Waals surface area contributed by atoms with Crippen LogP contribution in [0.15, 0.2) is 0 Å². The van der Waals surface area contributed by atoms with Gasteiger partial charge in [0.05, 0.1) is 0 Å². The molecule has 0 rings (SSSR count). The number of nitrogens with two attached hydrogens (primary N) is 1. The van der Waals surface area contributed by atoms with Gasteiger partial charge in [0.2, 0.25) is 0 Å². The third-order valence-corrected chi connectivity index (χ3v) is 0.888. The Morgan fingerprint density at radius 1 is 2.00 bits per heavy atom. The Bertz CT molecular complexity index is 44.9. The van der Waals surface area contributed by atoms with Gasteiger partial charge in [-0.3, -0.25) is 0 Å². The number of thiocarbonyl (C=S) groups is 1. The molecule has 0 aromatic heterocycles. The summed E-state index contributed by atoms with van der Waals surface area (Å²) in [6.45, 7) is 0. The molecule has 0 aliphatic heterocycles. The molecule has 0 atom stereocenters. The molecule has 0 bridgehead atoms. The van der Waals surface area contributed by atoms with Gasteiger partial charge in [-0.2, -0.15) is 0 Å². The Morgan fingerprint density at radius 2 is 2.20 bits per heavy atom. The van der Waals surface area contributed by atoms with Gasteiger partial charge >= 0.3 is 45.7 Å². The Morgan fingerprint density at radius 3 is 2.20 bits per heavy atom. The van der Waals surface area contributed by atoms with Crippen LogP contribution >= 0.6 is 12.2 Å². The minimum absolute atomic E-state index is 0.289. The number of nitrogens with one attached hydrogen (secondary N) is 1. The Hall–Kier alpha value is 0.313. The third kappa shape index (κ3) is 4.31. The van der Waals surface area contributed by atoms with E-state index in [0.29, 0.717) is 0 Å². The zero-order chi connectivity index (χ0) is 4.28. The molecular weight excluding hydrogens is 175 g/mol. The summed E-state index contributed by atoms with van der Waals surface area (Å²) in [6, 6.07) is 0. The summed E-state index contributed by atoms with van der Waals surface area (Å²) in [7, 11) is 0. The Kier molecular flexibility index (Phi) is 2.70. The second-order valence-electron chi connectivity index (χ2n) is 0.448. The maximum absolute atomic E-state index is 4.88. The van der Waals surface area contributed by atoms with Crippen LogP contribution in [0.25, 0.3) is 0 Å². The molecule has 32 valence electrons. The molecule has 0 aliphatic rings. The van der Waals surface area contributed by atoms with Crippen molar-refractivity contribution in [3.05, 3.63) is 0 Å². The van der Waals surface area contributed by atoms with Gasteiger partial charge in [-0.05, 0) is 0 Å². The molecule has 4 heteroatoms. The molecule has 0 radical (unpaired) electrons. The van der Waals surface area contributed by atoms with Gasteiger partial charge in [-0.1, -0.05) is 0 Å². The SMILES string of the molecule is NC(=S)[NH][Rh]. The number of hydrogen-bond acceptors (Lipinski definition) is 1. The van der Waals surface area contributed by atoms with Crippen molar-refractivity contribution in [3.63, 3.8) is 0 Å². The van der Waals surface area contributed by atoms with E-state index in [1.165, 1.54) is 0 Å². The van der Waals surface area contributed by atoms with Crippen molar-refractivity contribution in [3.8, 4) is 0 Å². The van der Waals surface area contributed by atoms with Crippen molar-refractivity contribution in [2.75, 3.05) is 0 Å². The predicted molar refractivity (Wildman–Crippen MR) is 19.9 cm³/mol. The molecule has 0 fully saturated rings. The summed E-state index contributed by atoms with van der Waals surface area (Å²) in [5.74, 6) is 0. The average molecular weight is 178 g/mol. The van der Waals surface area contributed by atoms with E-state index in [2.05, 4.69) is 34.8 Å². The summed E-state index contributed by atoms with van der Waals surface area (Å²) in [4.78, 5) is 0. The molecule has 0 unspecified atom stereocenters. The summed E-state index contributed by atoms with van der Waals surface area (Å²) in [5, 5.41) is 0.289. The van der Waals surface area contributed by atoms with E-state index in [0.717, 1.165) is 0 Å². The fraction of sp³-hybridized carbons (Fsp3) is 0. The summed E-state index contributed by atoms with van der Waals surface area (Å²) in [5.41, 5.74) is 4.88. The first-order valence-electron chi connectivity index (χ1n) is 0.909. The molecule has 3 N–H and O–H groups in total. The fourth-order valence-electron chi connectivity index (χ4n) is 0. The second-order valence-corrected chi connectivity index (χ2v) is 1.30. The van der Waals surface area contributed by atoms with Crippen LogP contribution in [0.4, 0.5) is 0 Å². The van der Waals surface area contributed by atoms with Crippen molar-refractivity contribution < 1.29 is 18.5 Å². The van der Waals surface area contributed by atoms with Gasteiger partial charge in [0.25, 0.3) is 0 Å². The van der Waals surface area contributed by atoms with E-state index in [1.807, 2.05) is 0 Å². The number of rotatable bonds is 0. The predicted octanol–water partition coefficient (Wildman–Crippen LogP) is -0.719. The van der Waals surface area contributed by atoms with Gasteiger partial charge in [0.1, 0.15) is 0 Å². The van der Waals surface area contributed by atoms with Crippen LogP contribution in [0.1, 0.15) is 0 Å². The van der Waals surface area contributed by atoms with Gasteiger partial charge in [0, 0.05) is 0 Å². The van der Waals surface area contributed by atoms with Crippen molar-refractivity contribution in [1.82, 2.24) is 4.06 Å². The molecule has 5 heavy (non-hydrogen) atoms. The van der Waals surface area contributed by atoms with Crippen LogP contribution in [0.5, 0.6) is 0 Å². The molecule has 0 saturated carbocycles. The van der Waals surface area contributed by atoms with Crippen LogP contribution in [0.2, 0.25) is 0 Å². The van der Waals surface area contributed by atoms with Crippen LogP contribution in [0, 0.1) is 0 Å². The number of hydrogen-bond donors (Lipinski definition) is 2. The van der Waals surface area contributed by atoms with Gasteiger partial charge in [-0.25, -0.2) is 0 Å². The quantitative estimate of drug-likeness (QED) is 0.379. The zero-order valence-corrected chi connectivity index (χ0v) is 4.77. The average Bonchev–Trinajstić information content (AvgIpc) is 1.38. The zero-order valence-electron chi connectivity index (χ0n) is 2.32. The van der Waals surface area contributed by atoms with E-state index < -0.39 is 0 Å². The first-order chi connectivity index (χ1) is 2.27. The van der Waals surface area contributed by atoms with Crippen molar-refractivity contribution in [2.24, 2.45) is 5.73 Å². The molecule has 0 saturated heterocycles. The molecule has 0 amide bonds. The van der Waals surface area contributed by atoms with E-state index in [9.17, 15) is 0 Å². The van der Waals surface area contributed by atoms with Crippen molar-refractivity contribution in [1.29, 1.82) is 0 Å². The van der Waals surface area contributed by atoms with Gasteiger partial charge in [-0.15, -0.1) is 0 Å². The van der Waals surface area contributed by atoms with E-state index in [4.69, 9.17) is 5.73 Å².